The van der Waals surface area contributed by atoms with E-state index in [4.69, 9.17) is 16.3 Å². The summed E-state index contributed by atoms with van der Waals surface area (Å²) in [6, 6.07) is 13.5. The van der Waals surface area contributed by atoms with Crippen molar-refractivity contribution in [2.75, 3.05) is 18.2 Å². The Labute approximate surface area is 222 Å². The van der Waals surface area contributed by atoms with Crippen LogP contribution in [0.4, 0.5) is 5.00 Å². The van der Waals surface area contributed by atoms with Crippen molar-refractivity contribution in [3.05, 3.63) is 69.6 Å². The normalized spacial score (nSPS) is 10.9. The van der Waals surface area contributed by atoms with Crippen molar-refractivity contribution in [2.45, 2.75) is 32.5 Å². The number of carbonyl (C=O) groups excluding carboxylic acids is 2. The molecule has 10 heteroatoms. The molecule has 1 amide bonds. The van der Waals surface area contributed by atoms with Gasteiger partial charge in [0, 0.05) is 28.1 Å². The number of amides is 1. The number of halogens is 1. The van der Waals surface area contributed by atoms with Gasteiger partial charge >= 0.3 is 5.97 Å². The average molecular weight is 541 g/mol. The average Bonchev–Trinajstić information content (AvgIpc) is 3.47. The molecule has 7 nitrogen and oxygen atoms in total. The van der Waals surface area contributed by atoms with Crippen molar-refractivity contribution in [3.8, 4) is 22.5 Å². The molecule has 2 aromatic carbocycles. The fraction of sp³-hybridized carbons (Fsp3) is 0.231. The number of carbonyl (C=O) groups is 2. The highest BCUT2D eigenvalue weighted by molar-refractivity contribution is 7.99. The zero-order valence-corrected chi connectivity index (χ0v) is 22.7. The highest BCUT2D eigenvalue weighted by atomic mass is 35.5. The SMILES string of the molecule is CCn1c(SCC(=O)Nc2scc(-c3cc(C)ccc3C)c2C(=O)OC)nnc1-c1cccc(Cl)c1. The molecule has 186 valence electrons. The zero-order chi connectivity index (χ0) is 25.8. The number of hydrogen-bond acceptors (Lipinski definition) is 7. The molecular weight excluding hydrogens is 516 g/mol. The second-order valence-electron chi connectivity index (χ2n) is 8.06. The van der Waals surface area contributed by atoms with Crippen molar-refractivity contribution in [1.29, 1.82) is 0 Å². The highest BCUT2D eigenvalue weighted by Gasteiger charge is 2.24. The van der Waals surface area contributed by atoms with Crippen LogP contribution in [0.3, 0.4) is 0 Å². The Kier molecular flexibility index (Phi) is 8.13. The van der Waals surface area contributed by atoms with Gasteiger partial charge in [0.05, 0.1) is 12.9 Å². The molecule has 1 N–H and O–H groups in total. The largest absolute Gasteiger partial charge is 0.465 e. The number of anilines is 1. The third-order valence-electron chi connectivity index (χ3n) is 5.56. The van der Waals surface area contributed by atoms with Crippen LogP contribution in [0.25, 0.3) is 22.5 Å². The standard InChI is InChI=1S/C26H25ClN4O3S2/c1-5-31-23(17-7-6-8-18(27)12-17)29-30-26(31)36-14-21(32)28-24-22(25(33)34-4)20(13-35-24)19-11-15(2)9-10-16(19)3/h6-13H,5,14H2,1-4H3,(H,28,32). The first-order valence-electron chi connectivity index (χ1n) is 11.2. The molecule has 2 heterocycles. The fourth-order valence-corrected chi connectivity index (χ4v) is 5.75. The Hall–Kier alpha value is -3.14. The Balaban J connectivity index is 1.53. The fourth-order valence-electron chi connectivity index (χ4n) is 3.79. The van der Waals surface area contributed by atoms with Crippen LogP contribution in [0.15, 0.2) is 53.0 Å². The molecule has 0 radical (unpaired) electrons. The van der Waals surface area contributed by atoms with E-state index in [2.05, 4.69) is 15.5 Å². The van der Waals surface area contributed by atoms with E-state index in [-0.39, 0.29) is 11.7 Å². The summed E-state index contributed by atoms with van der Waals surface area (Å²) in [7, 11) is 1.34. The van der Waals surface area contributed by atoms with Gasteiger partial charge in [-0.3, -0.25) is 4.79 Å². The number of rotatable bonds is 8. The van der Waals surface area contributed by atoms with Gasteiger partial charge < -0.3 is 14.6 Å². The minimum atomic E-state index is -0.494. The van der Waals surface area contributed by atoms with Crippen LogP contribution in [0.5, 0.6) is 0 Å². The predicted molar refractivity (Wildman–Crippen MR) is 146 cm³/mol. The van der Waals surface area contributed by atoms with E-state index in [1.807, 2.05) is 67.1 Å². The van der Waals surface area contributed by atoms with Crippen molar-refractivity contribution in [3.63, 3.8) is 0 Å². The molecule has 0 atom stereocenters. The van der Waals surface area contributed by atoms with Gasteiger partial charge in [0.15, 0.2) is 11.0 Å². The molecule has 36 heavy (non-hydrogen) atoms. The van der Waals surface area contributed by atoms with Crippen molar-refractivity contribution >= 4 is 51.6 Å². The summed E-state index contributed by atoms with van der Waals surface area (Å²) in [5.41, 5.74) is 5.00. The summed E-state index contributed by atoms with van der Waals surface area (Å²) in [5, 5.41) is 15.0. The maximum Gasteiger partial charge on any atom is 0.341 e. The number of aryl methyl sites for hydroxylation is 2. The highest BCUT2D eigenvalue weighted by Crippen LogP contribution is 2.38. The van der Waals surface area contributed by atoms with E-state index in [0.29, 0.717) is 33.1 Å². The molecule has 0 unspecified atom stereocenters. The molecule has 4 rings (SSSR count). The molecule has 0 aliphatic heterocycles. The first-order valence-corrected chi connectivity index (χ1v) is 13.5. The number of esters is 1. The molecule has 0 aliphatic carbocycles. The van der Waals surface area contributed by atoms with Gasteiger partial charge in [0.2, 0.25) is 5.91 Å². The van der Waals surface area contributed by atoms with Crippen LogP contribution < -0.4 is 5.32 Å². The molecule has 0 fully saturated rings. The number of thiophene rings is 1. The van der Waals surface area contributed by atoms with Crippen LogP contribution in [-0.4, -0.2) is 39.5 Å². The molecular formula is C26H25ClN4O3S2. The van der Waals surface area contributed by atoms with Gasteiger partial charge in [-0.05, 0) is 44.0 Å². The first-order chi connectivity index (χ1) is 17.3. The van der Waals surface area contributed by atoms with Gasteiger partial charge in [0.1, 0.15) is 10.6 Å². The summed E-state index contributed by atoms with van der Waals surface area (Å²) in [6.07, 6.45) is 0. The van der Waals surface area contributed by atoms with Crippen molar-refractivity contribution in [1.82, 2.24) is 14.8 Å². The third-order valence-corrected chi connectivity index (χ3v) is 7.66. The number of hydrogen-bond donors (Lipinski definition) is 1. The smallest absolute Gasteiger partial charge is 0.341 e. The lowest BCUT2D eigenvalue weighted by atomic mass is 9.97. The molecule has 0 spiro atoms. The topological polar surface area (TPSA) is 86.1 Å². The van der Waals surface area contributed by atoms with Crippen LogP contribution >= 0.6 is 34.7 Å². The van der Waals surface area contributed by atoms with Gasteiger partial charge in [0.25, 0.3) is 0 Å². The summed E-state index contributed by atoms with van der Waals surface area (Å²) in [6.45, 7) is 6.61. The zero-order valence-electron chi connectivity index (χ0n) is 20.3. The van der Waals surface area contributed by atoms with E-state index in [0.717, 1.165) is 27.8 Å². The lowest BCUT2D eigenvalue weighted by Gasteiger charge is -2.10. The number of nitrogens with zero attached hydrogens (tertiary/aromatic N) is 3. The summed E-state index contributed by atoms with van der Waals surface area (Å²) < 4.78 is 6.98. The molecule has 2 aromatic heterocycles. The number of aromatic nitrogens is 3. The van der Waals surface area contributed by atoms with E-state index in [1.165, 1.54) is 30.2 Å². The minimum Gasteiger partial charge on any atom is -0.465 e. The van der Waals surface area contributed by atoms with Gasteiger partial charge in [-0.15, -0.1) is 21.5 Å². The molecule has 0 bridgehead atoms. The van der Waals surface area contributed by atoms with E-state index < -0.39 is 5.97 Å². The Morgan fingerprint density at radius 3 is 2.67 bits per heavy atom. The van der Waals surface area contributed by atoms with E-state index >= 15 is 0 Å². The number of ether oxygens (including phenoxy) is 1. The first kappa shape index (κ1) is 25.9. The van der Waals surface area contributed by atoms with Gasteiger partial charge in [-0.2, -0.15) is 0 Å². The summed E-state index contributed by atoms with van der Waals surface area (Å²) in [5.74, 6) is 0.0409. The number of thioether (sulfide) groups is 1. The second kappa shape index (κ2) is 11.3. The minimum absolute atomic E-state index is 0.102. The number of methoxy groups -OCH3 is 1. The monoisotopic (exact) mass is 540 g/mol. The molecule has 0 aliphatic rings. The maximum atomic E-state index is 12.9. The van der Waals surface area contributed by atoms with Crippen LogP contribution in [0.1, 0.15) is 28.4 Å². The number of nitrogens with one attached hydrogen (secondary N) is 1. The van der Waals surface area contributed by atoms with Crippen molar-refractivity contribution in [2.24, 2.45) is 0 Å². The number of benzene rings is 2. The third kappa shape index (κ3) is 5.48. The van der Waals surface area contributed by atoms with Crippen LogP contribution in [0.2, 0.25) is 5.02 Å². The Bertz CT molecular complexity index is 1430. The lowest BCUT2D eigenvalue weighted by Crippen LogP contribution is -2.16. The lowest BCUT2D eigenvalue weighted by molar-refractivity contribution is -0.113. The summed E-state index contributed by atoms with van der Waals surface area (Å²) in [4.78, 5) is 25.6. The second-order valence-corrected chi connectivity index (χ2v) is 10.3. The quantitative estimate of drug-likeness (QED) is 0.203. The molecule has 4 aromatic rings. The van der Waals surface area contributed by atoms with Crippen LogP contribution in [-0.2, 0) is 16.1 Å². The van der Waals surface area contributed by atoms with E-state index in [1.54, 1.807) is 6.07 Å². The molecule has 0 saturated carbocycles. The van der Waals surface area contributed by atoms with Gasteiger partial charge in [-0.25, -0.2) is 4.79 Å². The van der Waals surface area contributed by atoms with Gasteiger partial charge in [-0.1, -0.05) is 59.3 Å². The van der Waals surface area contributed by atoms with E-state index in [9.17, 15) is 9.59 Å². The predicted octanol–water partition coefficient (Wildman–Crippen LogP) is 6.48. The maximum absolute atomic E-state index is 12.9. The Morgan fingerprint density at radius 2 is 1.94 bits per heavy atom. The summed E-state index contributed by atoms with van der Waals surface area (Å²) >= 11 is 8.71. The Morgan fingerprint density at radius 1 is 1.14 bits per heavy atom. The van der Waals surface area contributed by atoms with Crippen LogP contribution in [0, 0.1) is 13.8 Å². The van der Waals surface area contributed by atoms with Crippen molar-refractivity contribution < 1.29 is 14.3 Å². The molecule has 0 saturated heterocycles.